The van der Waals surface area contributed by atoms with Gasteiger partial charge in [0.15, 0.2) is 0 Å². The Kier molecular flexibility index (Phi) is 5.20. The van der Waals surface area contributed by atoms with Gasteiger partial charge in [-0.15, -0.1) is 0 Å². The summed E-state index contributed by atoms with van der Waals surface area (Å²) in [7, 11) is 0. The number of hydrogen-bond acceptors (Lipinski definition) is 3. The van der Waals surface area contributed by atoms with E-state index in [1.807, 2.05) is 6.92 Å². The highest BCUT2D eigenvalue weighted by atomic mass is 16.4. The first-order valence-electron chi connectivity index (χ1n) is 7.85. The Hall–Kier alpha value is -1.59. The summed E-state index contributed by atoms with van der Waals surface area (Å²) in [5.41, 5.74) is 0. The van der Waals surface area contributed by atoms with Gasteiger partial charge in [0.05, 0.1) is 5.92 Å². The maximum atomic E-state index is 12.4. The number of hydrogen-bond donors (Lipinski definition) is 2. The molecule has 2 N–H and O–H groups in total. The Morgan fingerprint density at radius 3 is 2.48 bits per heavy atom. The van der Waals surface area contributed by atoms with Crippen molar-refractivity contribution in [3.05, 3.63) is 0 Å². The maximum Gasteiger partial charge on any atom is 0.306 e. The lowest BCUT2D eigenvalue weighted by molar-refractivity contribution is -0.143. The Morgan fingerprint density at radius 1 is 1.33 bits per heavy atom. The number of rotatable bonds is 5. The zero-order chi connectivity index (χ0) is 15.4. The van der Waals surface area contributed by atoms with Crippen molar-refractivity contribution in [1.82, 2.24) is 10.2 Å². The SMILES string of the molecule is CCC(C(=O)NC1CCC(C(=O)O)CC1)N1CCCC1=O. The summed E-state index contributed by atoms with van der Waals surface area (Å²) in [5, 5.41) is 12.0. The molecule has 0 bridgehead atoms. The van der Waals surface area contributed by atoms with Gasteiger partial charge >= 0.3 is 5.97 Å². The van der Waals surface area contributed by atoms with Gasteiger partial charge in [-0.3, -0.25) is 14.4 Å². The summed E-state index contributed by atoms with van der Waals surface area (Å²) in [6.45, 7) is 2.58. The van der Waals surface area contributed by atoms with E-state index in [-0.39, 0.29) is 29.8 Å². The number of carbonyl (C=O) groups excluding carboxylic acids is 2. The fourth-order valence-corrected chi connectivity index (χ4v) is 3.33. The lowest BCUT2D eigenvalue weighted by atomic mass is 9.86. The second kappa shape index (κ2) is 6.91. The summed E-state index contributed by atoms with van der Waals surface area (Å²) in [5.74, 6) is -1.05. The van der Waals surface area contributed by atoms with Gasteiger partial charge in [0.2, 0.25) is 11.8 Å². The Morgan fingerprint density at radius 2 is 2.00 bits per heavy atom. The van der Waals surface area contributed by atoms with Crippen LogP contribution in [0.15, 0.2) is 0 Å². The van der Waals surface area contributed by atoms with Gasteiger partial charge in [-0.1, -0.05) is 6.92 Å². The topological polar surface area (TPSA) is 86.7 Å². The third-order valence-electron chi connectivity index (χ3n) is 4.60. The number of carbonyl (C=O) groups is 3. The molecule has 6 nitrogen and oxygen atoms in total. The summed E-state index contributed by atoms with van der Waals surface area (Å²) in [4.78, 5) is 36.7. The van der Waals surface area contributed by atoms with E-state index in [0.29, 0.717) is 45.1 Å². The van der Waals surface area contributed by atoms with Gasteiger partial charge in [-0.05, 0) is 38.5 Å². The number of nitrogens with zero attached hydrogens (tertiary/aromatic N) is 1. The molecule has 0 spiro atoms. The van der Waals surface area contributed by atoms with E-state index in [2.05, 4.69) is 5.32 Å². The molecule has 2 aliphatic rings. The van der Waals surface area contributed by atoms with Gasteiger partial charge in [-0.2, -0.15) is 0 Å². The van der Waals surface area contributed by atoms with E-state index in [1.165, 1.54) is 0 Å². The minimum Gasteiger partial charge on any atom is -0.481 e. The standard InChI is InChI=1S/C15H24N2O4/c1-2-12(17-9-3-4-13(17)18)14(19)16-11-7-5-10(6-8-11)15(20)21/h10-12H,2-9H2,1H3,(H,16,19)(H,20,21). The number of carboxylic acids is 1. The molecule has 0 radical (unpaired) electrons. The molecule has 1 saturated heterocycles. The minimum atomic E-state index is -0.742. The van der Waals surface area contributed by atoms with Crippen LogP contribution in [0.5, 0.6) is 0 Å². The molecule has 1 unspecified atom stereocenters. The van der Waals surface area contributed by atoms with E-state index < -0.39 is 5.97 Å². The van der Waals surface area contributed by atoms with E-state index >= 15 is 0 Å². The molecule has 118 valence electrons. The average Bonchev–Trinajstić information content (AvgIpc) is 2.86. The molecule has 0 aromatic carbocycles. The van der Waals surface area contributed by atoms with Crippen molar-refractivity contribution in [2.24, 2.45) is 5.92 Å². The predicted molar refractivity (Wildman–Crippen MR) is 76.6 cm³/mol. The largest absolute Gasteiger partial charge is 0.481 e. The molecule has 0 aromatic heterocycles. The normalized spacial score (nSPS) is 27.5. The number of carboxylic acid groups (broad SMARTS) is 1. The second-order valence-corrected chi connectivity index (χ2v) is 6.01. The molecule has 1 atom stereocenters. The number of aliphatic carboxylic acids is 1. The Balaban J connectivity index is 1.86. The highest BCUT2D eigenvalue weighted by molar-refractivity contribution is 5.88. The Labute approximate surface area is 124 Å². The molecule has 2 fully saturated rings. The molecule has 21 heavy (non-hydrogen) atoms. The second-order valence-electron chi connectivity index (χ2n) is 6.01. The van der Waals surface area contributed by atoms with Crippen LogP contribution in [0.1, 0.15) is 51.9 Å². The van der Waals surface area contributed by atoms with Crippen molar-refractivity contribution < 1.29 is 19.5 Å². The van der Waals surface area contributed by atoms with Crippen LogP contribution in [0.4, 0.5) is 0 Å². The minimum absolute atomic E-state index is 0.0415. The molecule has 2 amide bonds. The van der Waals surface area contributed by atoms with Crippen molar-refractivity contribution >= 4 is 17.8 Å². The van der Waals surface area contributed by atoms with Crippen LogP contribution in [0, 0.1) is 5.92 Å². The average molecular weight is 296 g/mol. The summed E-state index contributed by atoms with van der Waals surface area (Å²) in [6.07, 6.45) is 4.60. The van der Waals surface area contributed by atoms with Gasteiger partial charge in [0, 0.05) is 19.0 Å². The lowest BCUT2D eigenvalue weighted by Gasteiger charge is -2.31. The van der Waals surface area contributed by atoms with Gasteiger partial charge in [0.1, 0.15) is 6.04 Å². The Bertz CT molecular complexity index is 416. The fraction of sp³-hybridized carbons (Fsp3) is 0.800. The van der Waals surface area contributed by atoms with Crippen LogP contribution in [0.25, 0.3) is 0 Å². The molecule has 6 heteroatoms. The van der Waals surface area contributed by atoms with Crippen LogP contribution in [-0.2, 0) is 14.4 Å². The molecular weight excluding hydrogens is 272 g/mol. The first-order chi connectivity index (χ1) is 10.0. The zero-order valence-electron chi connectivity index (χ0n) is 12.5. The first-order valence-corrected chi connectivity index (χ1v) is 7.85. The summed E-state index contributed by atoms with van der Waals surface area (Å²) < 4.78 is 0. The molecule has 2 rings (SSSR count). The number of likely N-dealkylation sites (tertiary alicyclic amines) is 1. The highest BCUT2D eigenvalue weighted by Crippen LogP contribution is 2.25. The van der Waals surface area contributed by atoms with Crippen LogP contribution < -0.4 is 5.32 Å². The van der Waals surface area contributed by atoms with Crippen molar-refractivity contribution in [3.63, 3.8) is 0 Å². The van der Waals surface area contributed by atoms with Crippen molar-refractivity contribution in [2.75, 3.05) is 6.54 Å². The fourth-order valence-electron chi connectivity index (χ4n) is 3.33. The van der Waals surface area contributed by atoms with Crippen LogP contribution in [-0.4, -0.2) is 46.4 Å². The first kappa shape index (κ1) is 15.8. The zero-order valence-corrected chi connectivity index (χ0v) is 12.5. The van der Waals surface area contributed by atoms with Crippen LogP contribution >= 0.6 is 0 Å². The van der Waals surface area contributed by atoms with E-state index in [9.17, 15) is 14.4 Å². The predicted octanol–water partition coefficient (Wildman–Crippen LogP) is 1.15. The van der Waals surface area contributed by atoms with E-state index in [4.69, 9.17) is 5.11 Å². The van der Waals surface area contributed by atoms with E-state index in [0.717, 1.165) is 6.42 Å². The molecular formula is C15H24N2O4. The summed E-state index contributed by atoms with van der Waals surface area (Å²) in [6, 6.07) is -0.336. The molecule has 1 aliphatic heterocycles. The molecule has 1 saturated carbocycles. The number of nitrogens with one attached hydrogen (secondary N) is 1. The monoisotopic (exact) mass is 296 g/mol. The maximum absolute atomic E-state index is 12.4. The van der Waals surface area contributed by atoms with E-state index in [1.54, 1.807) is 4.90 Å². The smallest absolute Gasteiger partial charge is 0.306 e. The third-order valence-corrected chi connectivity index (χ3v) is 4.60. The quantitative estimate of drug-likeness (QED) is 0.796. The van der Waals surface area contributed by atoms with Crippen LogP contribution in [0.3, 0.4) is 0 Å². The van der Waals surface area contributed by atoms with Crippen molar-refractivity contribution in [2.45, 2.75) is 64.0 Å². The van der Waals surface area contributed by atoms with Gasteiger partial charge < -0.3 is 15.3 Å². The van der Waals surface area contributed by atoms with Crippen molar-refractivity contribution in [1.29, 1.82) is 0 Å². The molecule has 1 aliphatic carbocycles. The molecule has 0 aromatic rings. The van der Waals surface area contributed by atoms with Crippen LogP contribution in [0.2, 0.25) is 0 Å². The van der Waals surface area contributed by atoms with Gasteiger partial charge in [-0.25, -0.2) is 0 Å². The van der Waals surface area contributed by atoms with Crippen molar-refractivity contribution in [3.8, 4) is 0 Å². The highest BCUT2D eigenvalue weighted by Gasteiger charge is 2.33. The lowest BCUT2D eigenvalue weighted by Crippen LogP contribution is -2.50. The number of amides is 2. The van der Waals surface area contributed by atoms with Gasteiger partial charge in [0.25, 0.3) is 0 Å². The third kappa shape index (κ3) is 3.74. The summed E-state index contributed by atoms with van der Waals surface area (Å²) >= 11 is 0. The molecule has 1 heterocycles.